The topological polar surface area (TPSA) is 41.5 Å². The predicted octanol–water partition coefficient (Wildman–Crippen LogP) is 2.50. The van der Waals surface area contributed by atoms with Crippen molar-refractivity contribution in [3.8, 4) is 0 Å². The van der Waals surface area contributed by atoms with Gasteiger partial charge in [0.2, 0.25) is 0 Å². The van der Waals surface area contributed by atoms with Gasteiger partial charge in [0.05, 0.1) is 5.60 Å². The zero-order valence-corrected chi connectivity index (χ0v) is 12.2. The lowest BCUT2D eigenvalue weighted by atomic mass is 9.76. The molecule has 18 heavy (non-hydrogen) atoms. The van der Waals surface area contributed by atoms with E-state index in [0.29, 0.717) is 12.0 Å². The molecule has 0 saturated carbocycles. The van der Waals surface area contributed by atoms with Crippen molar-refractivity contribution in [2.45, 2.75) is 52.1 Å². The van der Waals surface area contributed by atoms with Gasteiger partial charge in [-0.25, -0.2) is 0 Å². The number of nitrogens with one attached hydrogen (secondary N) is 1. The van der Waals surface area contributed by atoms with Crippen LogP contribution >= 0.6 is 0 Å². The van der Waals surface area contributed by atoms with Crippen LogP contribution in [0.4, 0.5) is 0 Å². The van der Waals surface area contributed by atoms with Crippen LogP contribution in [0.15, 0.2) is 12.2 Å². The standard InChI is InChI=1S/C15H29NO2/c1-4-6-15(8-11-18-12-9-15)7-5-10-16-13-14(2,3)17/h5,7,16-17H,4,6,8-13H2,1-3H3/b7-5+. The van der Waals surface area contributed by atoms with E-state index in [-0.39, 0.29) is 0 Å². The van der Waals surface area contributed by atoms with E-state index in [9.17, 15) is 5.11 Å². The van der Waals surface area contributed by atoms with Gasteiger partial charge in [-0.3, -0.25) is 0 Å². The molecule has 0 amide bonds. The van der Waals surface area contributed by atoms with E-state index in [1.54, 1.807) is 0 Å². The van der Waals surface area contributed by atoms with Crippen LogP contribution in [0.3, 0.4) is 0 Å². The van der Waals surface area contributed by atoms with Gasteiger partial charge in [-0.2, -0.15) is 0 Å². The molecule has 1 aliphatic rings. The summed E-state index contributed by atoms with van der Waals surface area (Å²) in [6.45, 7) is 9.12. The van der Waals surface area contributed by atoms with Crippen LogP contribution in [0, 0.1) is 5.41 Å². The maximum absolute atomic E-state index is 9.60. The van der Waals surface area contributed by atoms with Gasteiger partial charge in [-0.1, -0.05) is 25.5 Å². The van der Waals surface area contributed by atoms with E-state index in [0.717, 1.165) is 32.6 Å². The molecule has 0 atom stereocenters. The fraction of sp³-hybridized carbons (Fsp3) is 0.867. The fourth-order valence-corrected chi connectivity index (χ4v) is 2.55. The molecule has 3 heteroatoms. The van der Waals surface area contributed by atoms with Gasteiger partial charge >= 0.3 is 0 Å². The Kier molecular flexibility index (Phi) is 6.33. The quantitative estimate of drug-likeness (QED) is 0.542. The van der Waals surface area contributed by atoms with Crippen molar-refractivity contribution in [3.05, 3.63) is 12.2 Å². The third-order valence-corrected chi connectivity index (χ3v) is 3.53. The van der Waals surface area contributed by atoms with Crippen LogP contribution in [0.5, 0.6) is 0 Å². The second-order valence-electron chi connectivity index (χ2n) is 6.07. The third kappa shape index (κ3) is 5.98. The molecule has 0 spiro atoms. The first-order valence-corrected chi connectivity index (χ1v) is 7.16. The zero-order valence-electron chi connectivity index (χ0n) is 12.2. The summed E-state index contributed by atoms with van der Waals surface area (Å²) in [6, 6.07) is 0. The van der Waals surface area contributed by atoms with Crippen molar-refractivity contribution in [2.75, 3.05) is 26.3 Å². The number of ether oxygens (including phenoxy) is 1. The Morgan fingerprint density at radius 2 is 2.00 bits per heavy atom. The van der Waals surface area contributed by atoms with Gasteiger partial charge in [-0.15, -0.1) is 0 Å². The maximum Gasteiger partial charge on any atom is 0.0715 e. The average molecular weight is 255 g/mol. The monoisotopic (exact) mass is 255 g/mol. The summed E-state index contributed by atoms with van der Waals surface area (Å²) >= 11 is 0. The largest absolute Gasteiger partial charge is 0.389 e. The highest BCUT2D eigenvalue weighted by molar-refractivity contribution is 5.01. The number of allylic oxidation sites excluding steroid dienone is 1. The molecule has 106 valence electrons. The molecule has 0 bridgehead atoms. The van der Waals surface area contributed by atoms with E-state index in [4.69, 9.17) is 4.74 Å². The summed E-state index contributed by atoms with van der Waals surface area (Å²) in [5.74, 6) is 0. The van der Waals surface area contributed by atoms with Crippen molar-refractivity contribution in [1.82, 2.24) is 5.32 Å². The molecule has 3 nitrogen and oxygen atoms in total. The third-order valence-electron chi connectivity index (χ3n) is 3.53. The molecular formula is C15H29NO2. The van der Waals surface area contributed by atoms with Crippen LogP contribution < -0.4 is 5.32 Å². The van der Waals surface area contributed by atoms with Crippen LogP contribution in [-0.2, 0) is 4.74 Å². The van der Waals surface area contributed by atoms with Crippen LogP contribution in [0.25, 0.3) is 0 Å². The van der Waals surface area contributed by atoms with Gasteiger partial charge < -0.3 is 15.2 Å². The first kappa shape index (κ1) is 15.7. The van der Waals surface area contributed by atoms with Crippen LogP contribution in [-0.4, -0.2) is 37.0 Å². The number of rotatable bonds is 7. The minimum absolute atomic E-state index is 0.351. The fourth-order valence-electron chi connectivity index (χ4n) is 2.55. The van der Waals surface area contributed by atoms with E-state index >= 15 is 0 Å². The number of hydrogen-bond acceptors (Lipinski definition) is 3. The summed E-state index contributed by atoms with van der Waals surface area (Å²) < 4.78 is 5.46. The summed E-state index contributed by atoms with van der Waals surface area (Å²) in [4.78, 5) is 0. The zero-order chi connectivity index (χ0) is 13.5. The smallest absolute Gasteiger partial charge is 0.0715 e. The highest BCUT2D eigenvalue weighted by Crippen LogP contribution is 2.36. The Hall–Kier alpha value is -0.380. The molecule has 0 aliphatic carbocycles. The summed E-state index contributed by atoms with van der Waals surface area (Å²) in [5, 5.41) is 12.9. The number of hydrogen-bond donors (Lipinski definition) is 2. The molecule has 1 heterocycles. The summed E-state index contributed by atoms with van der Waals surface area (Å²) in [5.41, 5.74) is -0.281. The predicted molar refractivity (Wildman–Crippen MR) is 75.7 cm³/mol. The van der Waals surface area contributed by atoms with Crippen molar-refractivity contribution in [3.63, 3.8) is 0 Å². The van der Waals surface area contributed by atoms with E-state index in [2.05, 4.69) is 24.4 Å². The first-order chi connectivity index (χ1) is 8.47. The van der Waals surface area contributed by atoms with Gasteiger partial charge in [0, 0.05) is 26.3 Å². The highest BCUT2D eigenvalue weighted by Gasteiger charge is 2.28. The van der Waals surface area contributed by atoms with Gasteiger partial charge in [0.15, 0.2) is 0 Å². The lowest BCUT2D eigenvalue weighted by Crippen LogP contribution is -2.35. The maximum atomic E-state index is 9.60. The minimum Gasteiger partial charge on any atom is -0.389 e. The van der Waals surface area contributed by atoms with Gasteiger partial charge in [-0.05, 0) is 38.5 Å². The van der Waals surface area contributed by atoms with Crippen molar-refractivity contribution >= 4 is 0 Å². The Labute approximate surface area is 112 Å². The Balaban J connectivity index is 2.36. The molecule has 0 aromatic carbocycles. The van der Waals surface area contributed by atoms with Crippen LogP contribution in [0.1, 0.15) is 46.5 Å². The highest BCUT2D eigenvalue weighted by atomic mass is 16.5. The molecule has 1 rings (SSSR count). The first-order valence-electron chi connectivity index (χ1n) is 7.16. The van der Waals surface area contributed by atoms with Crippen molar-refractivity contribution in [2.24, 2.45) is 5.41 Å². The number of aliphatic hydroxyl groups is 1. The molecular weight excluding hydrogens is 226 g/mol. The Morgan fingerprint density at radius 1 is 1.33 bits per heavy atom. The lowest BCUT2D eigenvalue weighted by Gasteiger charge is -2.34. The molecule has 1 fully saturated rings. The molecule has 0 aromatic rings. The van der Waals surface area contributed by atoms with E-state index in [1.165, 1.54) is 12.8 Å². The van der Waals surface area contributed by atoms with Crippen molar-refractivity contribution in [1.29, 1.82) is 0 Å². The summed E-state index contributed by atoms with van der Waals surface area (Å²) in [7, 11) is 0. The average Bonchev–Trinajstić information content (AvgIpc) is 2.28. The van der Waals surface area contributed by atoms with Gasteiger partial charge in [0.1, 0.15) is 0 Å². The Morgan fingerprint density at radius 3 is 2.56 bits per heavy atom. The van der Waals surface area contributed by atoms with Crippen LogP contribution in [0.2, 0.25) is 0 Å². The molecule has 0 unspecified atom stereocenters. The normalized spacial score (nSPS) is 20.4. The van der Waals surface area contributed by atoms with E-state index < -0.39 is 5.60 Å². The molecule has 1 saturated heterocycles. The van der Waals surface area contributed by atoms with Crippen molar-refractivity contribution < 1.29 is 9.84 Å². The molecule has 1 aliphatic heterocycles. The Bertz CT molecular complexity index is 244. The van der Waals surface area contributed by atoms with Gasteiger partial charge in [0.25, 0.3) is 0 Å². The minimum atomic E-state index is -0.631. The second-order valence-corrected chi connectivity index (χ2v) is 6.07. The molecule has 2 N–H and O–H groups in total. The second kappa shape index (κ2) is 7.27. The molecule has 0 aromatic heterocycles. The molecule has 0 radical (unpaired) electrons. The lowest BCUT2D eigenvalue weighted by molar-refractivity contribution is 0.0332. The summed E-state index contributed by atoms with van der Waals surface area (Å²) in [6.07, 6.45) is 9.34. The van der Waals surface area contributed by atoms with E-state index in [1.807, 2.05) is 13.8 Å². The SMILES string of the molecule is CCCC1(/C=C/CNCC(C)(C)O)CCOCC1.